The Hall–Kier alpha value is -2.48. The lowest BCUT2D eigenvalue weighted by Crippen LogP contribution is -2.04. The summed E-state index contributed by atoms with van der Waals surface area (Å²) in [7, 11) is 0. The number of benzene rings is 2. The molecular formula is C14H9F3N2. The van der Waals surface area contributed by atoms with E-state index in [0.717, 1.165) is 12.1 Å². The topological polar surface area (TPSA) is 49.8 Å². The minimum atomic E-state index is -4.38. The van der Waals surface area contributed by atoms with Crippen LogP contribution in [0, 0.1) is 11.3 Å². The minimum absolute atomic E-state index is 0.333. The summed E-state index contributed by atoms with van der Waals surface area (Å²) < 4.78 is 37.4. The van der Waals surface area contributed by atoms with Gasteiger partial charge in [-0.3, -0.25) is 0 Å². The van der Waals surface area contributed by atoms with Crippen molar-refractivity contribution in [3.8, 4) is 17.2 Å². The van der Waals surface area contributed by atoms with Crippen LogP contribution >= 0.6 is 0 Å². The van der Waals surface area contributed by atoms with Crippen molar-refractivity contribution in [2.75, 3.05) is 5.73 Å². The van der Waals surface area contributed by atoms with Crippen molar-refractivity contribution >= 4 is 5.69 Å². The smallest absolute Gasteiger partial charge is 0.398 e. The van der Waals surface area contributed by atoms with Crippen LogP contribution in [0.4, 0.5) is 18.9 Å². The molecule has 0 spiro atoms. The molecular weight excluding hydrogens is 253 g/mol. The Morgan fingerprint density at radius 3 is 2.16 bits per heavy atom. The van der Waals surface area contributed by atoms with E-state index in [9.17, 15) is 13.2 Å². The molecule has 2 rings (SSSR count). The average molecular weight is 262 g/mol. The number of hydrogen-bond donors (Lipinski definition) is 1. The molecule has 5 heteroatoms. The molecule has 2 aromatic rings. The van der Waals surface area contributed by atoms with Crippen molar-refractivity contribution < 1.29 is 13.2 Å². The molecule has 0 saturated heterocycles. The summed E-state index contributed by atoms with van der Waals surface area (Å²) in [5, 5.41) is 9.00. The number of rotatable bonds is 1. The van der Waals surface area contributed by atoms with Crippen LogP contribution in [0.5, 0.6) is 0 Å². The van der Waals surface area contributed by atoms with Gasteiger partial charge < -0.3 is 5.73 Å². The van der Waals surface area contributed by atoms with Crippen molar-refractivity contribution in [2.45, 2.75) is 6.18 Å². The number of anilines is 1. The number of nitrogens with two attached hydrogens (primary N) is 1. The Morgan fingerprint density at radius 1 is 1.00 bits per heavy atom. The van der Waals surface area contributed by atoms with Crippen LogP contribution in [0.2, 0.25) is 0 Å². The molecule has 0 saturated carbocycles. The van der Waals surface area contributed by atoms with Crippen molar-refractivity contribution in [2.24, 2.45) is 0 Å². The van der Waals surface area contributed by atoms with Crippen LogP contribution < -0.4 is 5.73 Å². The highest BCUT2D eigenvalue weighted by atomic mass is 19.4. The fourth-order valence-electron chi connectivity index (χ4n) is 1.81. The van der Waals surface area contributed by atoms with Gasteiger partial charge in [-0.25, -0.2) is 0 Å². The van der Waals surface area contributed by atoms with E-state index in [2.05, 4.69) is 0 Å². The molecule has 0 bridgehead atoms. The third-order valence-corrected chi connectivity index (χ3v) is 2.72. The van der Waals surface area contributed by atoms with Gasteiger partial charge >= 0.3 is 6.18 Å². The zero-order chi connectivity index (χ0) is 14.0. The van der Waals surface area contributed by atoms with E-state index in [1.54, 1.807) is 18.2 Å². The molecule has 96 valence electrons. The van der Waals surface area contributed by atoms with Gasteiger partial charge in [0.25, 0.3) is 0 Å². The van der Waals surface area contributed by atoms with Crippen LogP contribution in [-0.2, 0) is 6.18 Å². The SMILES string of the molecule is N#Cc1cccc(N)c1-c1ccc(C(F)(F)F)cc1. The van der Waals surface area contributed by atoms with Crippen molar-refractivity contribution in [3.05, 3.63) is 53.6 Å². The van der Waals surface area contributed by atoms with Gasteiger partial charge in [0.15, 0.2) is 0 Å². The van der Waals surface area contributed by atoms with Gasteiger partial charge in [-0.15, -0.1) is 0 Å². The Morgan fingerprint density at radius 2 is 1.63 bits per heavy atom. The molecule has 0 unspecified atom stereocenters. The quantitative estimate of drug-likeness (QED) is 0.794. The van der Waals surface area contributed by atoms with Crippen LogP contribution in [0.3, 0.4) is 0 Å². The Kier molecular flexibility index (Phi) is 3.17. The van der Waals surface area contributed by atoms with E-state index in [4.69, 9.17) is 11.0 Å². The maximum Gasteiger partial charge on any atom is 0.416 e. The maximum absolute atomic E-state index is 12.5. The van der Waals surface area contributed by atoms with Gasteiger partial charge in [0.1, 0.15) is 0 Å². The van der Waals surface area contributed by atoms with E-state index in [1.165, 1.54) is 12.1 Å². The molecule has 0 amide bonds. The third kappa shape index (κ3) is 2.52. The van der Waals surface area contributed by atoms with E-state index >= 15 is 0 Å². The molecule has 0 radical (unpaired) electrons. The first-order chi connectivity index (χ1) is 8.93. The Labute approximate surface area is 107 Å². The van der Waals surface area contributed by atoms with Crippen LogP contribution in [0.1, 0.15) is 11.1 Å². The fourth-order valence-corrected chi connectivity index (χ4v) is 1.81. The molecule has 2 aromatic carbocycles. The lowest BCUT2D eigenvalue weighted by molar-refractivity contribution is -0.137. The van der Waals surface area contributed by atoms with Crippen molar-refractivity contribution in [1.29, 1.82) is 5.26 Å². The summed E-state index contributed by atoms with van der Waals surface area (Å²) in [5.41, 5.74) is 6.69. The molecule has 0 aliphatic heterocycles. The first-order valence-corrected chi connectivity index (χ1v) is 5.39. The summed E-state index contributed by atoms with van der Waals surface area (Å²) in [6.07, 6.45) is -4.38. The molecule has 0 fully saturated rings. The zero-order valence-corrected chi connectivity index (χ0v) is 9.70. The predicted octanol–water partition coefficient (Wildman–Crippen LogP) is 3.83. The lowest BCUT2D eigenvalue weighted by Gasteiger charge is -2.10. The van der Waals surface area contributed by atoms with E-state index in [0.29, 0.717) is 22.4 Å². The second kappa shape index (κ2) is 4.65. The highest BCUT2D eigenvalue weighted by molar-refractivity contribution is 5.81. The minimum Gasteiger partial charge on any atom is -0.398 e. The summed E-state index contributed by atoms with van der Waals surface area (Å²) in [4.78, 5) is 0. The molecule has 0 aromatic heterocycles. The molecule has 2 N–H and O–H groups in total. The second-order valence-corrected chi connectivity index (χ2v) is 3.96. The lowest BCUT2D eigenvalue weighted by atomic mass is 9.97. The summed E-state index contributed by atoms with van der Waals surface area (Å²) in [5.74, 6) is 0. The van der Waals surface area contributed by atoms with E-state index in [1.807, 2.05) is 6.07 Å². The highest BCUT2D eigenvalue weighted by Gasteiger charge is 2.30. The Balaban J connectivity index is 2.53. The fraction of sp³-hybridized carbons (Fsp3) is 0.0714. The number of nitrogens with zero attached hydrogens (tertiary/aromatic N) is 1. The van der Waals surface area contributed by atoms with Crippen molar-refractivity contribution in [3.63, 3.8) is 0 Å². The van der Waals surface area contributed by atoms with Gasteiger partial charge in [-0.05, 0) is 29.8 Å². The monoisotopic (exact) mass is 262 g/mol. The zero-order valence-electron chi connectivity index (χ0n) is 9.70. The van der Waals surface area contributed by atoms with E-state index in [-0.39, 0.29) is 0 Å². The maximum atomic E-state index is 12.5. The van der Waals surface area contributed by atoms with Gasteiger partial charge in [0.05, 0.1) is 17.2 Å². The van der Waals surface area contributed by atoms with Crippen LogP contribution in [0.15, 0.2) is 42.5 Å². The molecule has 19 heavy (non-hydrogen) atoms. The highest BCUT2D eigenvalue weighted by Crippen LogP contribution is 2.33. The average Bonchev–Trinajstić information content (AvgIpc) is 2.37. The molecule has 0 atom stereocenters. The molecule has 0 aliphatic rings. The van der Waals surface area contributed by atoms with Crippen LogP contribution in [0.25, 0.3) is 11.1 Å². The van der Waals surface area contributed by atoms with Gasteiger partial charge in [0, 0.05) is 11.3 Å². The summed E-state index contributed by atoms with van der Waals surface area (Å²) in [6, 6.07) is 11.4. The number of nitriles is 1. The number of hydrogen-bond acceptors (Lipinski definition) is 2. The van der Waals surface area contributed by atoms with Gasteiger partial charge in [0.2, 0.25) is 0 Å². The first kappa shape index (κ1) is 13.0. The van der Waals surface area contributed by atoms with Crippen LogP contribution in [-0.4, -0.2) is 0 Å². The standard InChI is InChI=1S/C14H9F3N2/c15-14(16,17)11-6-4-9(5-7-11)13-10(8-18)2-1-3-12(13)19/h1-7H,19H2. The summed E-state index contributed by atoms with van der Waals surface area (Å²) >= 11 is 0. The Bertz CT molecular complexity index is 637. The molecule has 0 heterocycles. The number of nitrogen functional groups attached to an aromatic ring is 1. The number of alkyl halides is 3. The van der Waals surface area contributed by atoms with Gasteiger partial charge in [-0.2, -0.15) is 18.4 Å². The largest absolute Gasteiger partial charge is 0.416 e. The normalized spacial score (nSPS) is 11.1. The molecule has 0 aliphatic carbocycles. The summed E-state index contributed by atoms with van der Waals surface area (Å²) in [6.45, 7) is 0. The molecule has 2 nitrogen and oxygen atoms in total. The van der Waals surface area contributed by atoms with Gasteiger partial charge in [-0.1, -0.05) is 18.2 Å². The second-order valence-electron chi connectivity index (χ2n) is 3.96. The third-order valence-electron chi connectivity index (χ3n) is 2.72. The van der Waals surface area contributed by atoms with E-state index < -0.39 is 11.7 Å². The number of halogens is 3. The predicted molar refractivity (Wildman–Crippen MR) is 66.0 cm³/mol. The first-order valence-electron chi connectivity index (χ1n) is 5.39. The van der Waals surface area contributed by atoms with Crippen molar-refractivity contribution in [1.82, 2.24) is 0 Å².